The summed E-state index contributed by atoms with van der Waals surface area (Å²) >= 11 is 0. The summed E-state index contributed by atoms with van der Waals surface area (Å²) in [6, 6.07) is 4.97. The lowest BCUT2D eigenvalue weighted by atomic mass is 10.0. The van der Waals surface area contributed by atoms with Crippen molar-refractivity contribution >= 4 is 5.91 Å². The fraction of sp³-hybridized carbons (Fsp3) is 0.522. The molecule has 2 aliphatic heterocycles. The molecular weight excluding hydrogens is 423 g/mol. The molecule has 5 rings (SSSR count). The Hall–Kier alpha value is -2.68. The molecule has 3 fully saturated rings. The molecule has 1 amide bonds. The SMILES string of the molecule is O=C(c1cnc(CCc2cc(OC(F)(F)F)cc(C3CC3)c2)nc1)N1CCC2COCC21. The third-order valence-corrected chi connectivity index (χ3v) is 6.43. The van der Waals surface area contributed by atoms with Crippen molar-refractivity contribution in [2.24, 2.45) is 5.92 Å². The van der Waals surface area contributed by atoms with Crippen molar-refractivity contribution in [3.8, 4) is 5.75 Å². The van der Waals surface area contributed by atoms with Gasteiger partial charge in [-0.05, 0) is 54.9 Å². The molecule has 0 bridgehead atoms. The minimum Gasteiger partial charge on any atom is -0.406 e. The maximum atomic E-state index is 12.8. The van der Waals surface area contributed by atoms with E-state index in [1.807, 2.05) is 11.0 Å². The predicted molar refractivity (Wildman–Crippen MR) is 108 cm³/mol. The molecule has 170 valence electrons. The summed E-state index contributed by atoms with van der Waals surface area (Å²) in [5, 5.41) is 0. The molecular formula is C23H24F3N3O3. The highest BCUT2D eigenvalue weighted by Gasteiger charge is 2.41. The van der Waals surface area contributed by atoms with Gasteiger partial charge in [-0.2, -0.15) is 0 Å². The first kappa shape index (κ1) is 21.2. The maximum Gasteiger partial charge on any atom is 0.573 e. The average molecular weight is 447 g/mol. The Labute approximate surface area is 183 Å². The first-order valence-corrected chi connectivity index (χ1v) is 10.9. The molecule has 3 heterocycles. The second-order valence-electron chi connectivity index (χ2n) is 8.77. The summed E-state index contributed by atoms with van der Waals surface area (Å²) in [6.07, 6.45) is 2.21. The lowest BCUT2D eigenvalue weighted by Crippen LogP contribution is -2.38. The van der Waals surface area contributed by atoms with Gasteiger partial charge in [0.25, 0.3) is 5.91 Å². The van der Waals surface area contributed by atoms with E-state index in [1.165, 1.54) is 24.5 Å². The normalized spacial score (nSPS) is 22.8. The van der Waals surface area contributed by atoms with Gasteiger partial charge >= 0.3 is 6.36 Å². The van der Waals surface area contributed by atoms with E-state index in [4.69, 9.17) is 4.74 Å². The van der Waals surface area contributed by atoms with Gasteiger partial charge in [-0.15, -0.1) is 13.2 Å². The van der Waals surface area contributed by atoms with Crippen molar-refractivity contribution in [1.29, 1.82) is 0 Å². The highest BCUT2D eigenvalue weighted by atomic mass is 19.4. The number of nitrogens with zero attached hydrogens (tertiary/aromatic N) is 3. The van der Waals surface area contributed by atoms with Crippen LogP contribution < -0.4 is 4.74 Å². The molecule has 2 aromatic rings. The second kappa shape index (κ2) is 8.35. The Balaban J connectivity index is 1.24. The van der Waals surface area contributed by atoms with Gasteiger partial charge in [-0.3, -0.25) is 4.79 Å². The quantitative estimate of drug-likeness (QED) is 0.672. The molecule has 0 spiro atoms. The van der Waals surface area contributed by atoms with Crippen LogP contribution in [0.2, 0.25) is 0 Å². The number of rotatable bonds is 6. The fourth-order valence-corrected chi connectivity index (χ4v) is 4.62. The number of alkyl halides is 3. The van der Waals surface area contributed by atoms with E-state index in [0.29, 0.717) is 49.3 Å². The molecule has 1 saturated carbocycles. The van der Waals surface area contributed by atoms with Crippen LogP contribution in [-0.2, 0) is 17.6 Å². The van der Waals surface area contributed by atoms with E-state index in [2.05, 4.69) is 14.7 Å². The van der Waals surface area contributed by atoms with E-state index >= 15 is 0 Å². The van der Waals surface area contributed by atoms with Crippen LogP contribution in [0.15, 0.2) is 30.6 Å². The molecule has 3 aliphatic rings. The lowest BCUT2D eigenvalue weighted by Gasteiger charge is -2.22. The Morgan fingerprint density at radius 2 is 1.88 bits per heavy atom. The summed E-state index contributed by atoms with van der Waals surface area (Å²) in [6.45, 7) is 2.01. The van der Waals surface area contributed by atoms with Crippen molar-refractivity contribution in [2.45, 2.75) is 50.4 Å². The summed E-state index contributed by atoms with van der Waals surface area (Å²) in [5.41, 5.74) is 2.07. The zero-order valence-electron chi connectivity index (χ0n) is 17.5. The Morgan fingerprint density at radius 3 is 2.59 bits per heavy atom. The van der Waals surface area contributed by atoms with Crippen LogP contribution in [0.5, 0.6) is 5.75 Å². The van der Waals surface area contributed by atoms with Gasteiger partial charge in [0.1, 0.15) is 11.6 Å². The van der Waals surface area contributed by atoms with Gasteiger partial charge in [-0.1, -0.05) is 6.07 Å². The van der Waals surface area contributed by atoms with Crippen LogP contribution in [0.3, 0.4) is 0 Å². The van der Waals surface area contributed by atoms with E-state index in [0.717, 1.165) is 36.9 Å². The third kappa shape index (κ3) is 4.72. The summed E-state index contributed by atoms with van der Waals surface area (Å²) < 4.78 is 47.7. The van der Waals surface area contributed by atoms with Crippen LogP contribution in [0.25, 0.3) is 0 Å². The number of aryl methyl sites for hydroxylation is 2. The molecule has 1 aliphatic carbocycles. The van der Waals surface area contributed by atoms with E-state index < -0.39 is 6.36 Å². The van der Waals surface area contributed by atoms with Crippen LogP contribution in [-0.4, -0.2) is 52.9 Å². The number of hydrogen-bond acceptors (Lipinski definition) is 5. The highest BCUT2D eigenvalue weighted by Crippen LogP contribution is 2.42. The van der Waals surface area contributed by atoms with Crippen LogP contribution in [0, 0.1) is 5.92 Å². The summed E-state index contributed by atoms with van der Waals surface area (Å²) in [4.78, 5) is 23.3. The van der Waals surface area contributed by atoms with Gasteiger partial charge in [0.15, 0.2) is 0 Å². The fourth-order valence-electron chi connectivity index (χ4n) is 4.62. The molecule has 1 aromatic carbocycles. The van der Waals surface area contributed by atoms with Crippen LogP contribution >= 0.6 is 0 Å². The minimum absolute atomic E-state index is 0.0828. The molecule has 2 atom stereocenters. The number of benzene rings is 1. The van der Waals surface area contributed by atoms with E-state index in [9.17, 15) is 18.0 Å². The first-order chi connectivity index (χ1) is 15.4. The molecule has 1 aromatic heterocycles. The average Bonchev–Trinajstić information content (AvgIpc) is 3.37. The van der Waals surface area contributed by atoms with Gasteiger partial charge in [0, 0.05) is 31.3 Å². The predicted octanol–water partition coefficient (Wildman–Crippen LogP) is 3.90. The zero-order valence-corrected chi connectivity index (χ0v) is 17.5. The summed E-state index contributed by atoms with van der Waals surface area (Å²) in [7, 11) is 0. The largest absolute Gasteiger partial charge is 0.573 e. The van der Waals surface area contributed by atoms with Crippen molar-refractivity contribution in [1.82, 2.24) is 14.9 Å². The van der Waals surface area contributed by atoms with Gasteiger partial charge in [0.05, 0.1) is 24.8 Å². The monoisotopic (exact) mass is 447 g/mol. The van der Waals surface area contributed by atoms with Gasteiger partial charge < -0.3 is 14.4 Å². The minimum atomic E-state index is -4.72. The Bertz CT molecular complexity index is 992. The number of carbonyl (C=O) groups is 1. The number of amides is 1. The zero-order chi connectivity index (χ0) is 22.3. The molecule has 6 nitrogen and oxygen atoms in total. The molecule has 32 heavy (non-hydrogen) atoms. The van der Waals surface area contributed by atoms with Crippen LogP contribution in [0.1, 0.15) is 52.5 Å². The van der Waals surface area contributed by atoms with Gasteiger partial charge in [-0.25, -0.2) is 9.97 Å². The van der Waals surface area contributed by atoms with Crippen molar-refractivity contribution in [2.75, 3.05) is 19.8 Å². The number of ether oxygens (including phenoxy) is 2. The lowest BCUT2D eigenvalue weighted by molar-refractivity contribution is -0.274. The smallest absolute Gasteiger partial charge is 0.406 e. The number of likely N-dealkylation sites (tertiary alicyclic amines) is 1. The van der Waals surface area contributed by atoms with Crippen molar-refractivity contribution in [3.63, 3.8) is 0 Å². The maximum absolute atomic E-state index is 12.8. The number of halogens is 3. The second-order valence-corrected chi connectivity index (χ2v) is 8.77. The molecule has 0 N–H and O–H groups in total. The highest BCUT2D eigenvalue weighted by molar-refractivity contribution is 5.94. The van der Waals surface area contributed by atoms with E-state index in [-0.39, 0.29) is 17.7 Å². The Kier molecular flexibility index (Phi) is 5.53. The van der Waals surface area contributed by atoms with Crippen LogP contribution in [0.4, 0.5) is 13.2 Å². The van der Waals surface area contributed by atoms with Gasteiger partial charge in [0.2, 0.25) is 0 Å². The first-order valence-electron chi connectivity index (χ1n) is 10.9. The number of carbonyl (C=O) groups excluding carboxylic acids is 1. The number of hydrogen-bond donors (Lipinski definition) is 0. The molecule has 0 radical (unpaired) electrons. The standard InChI is InChI=1S/C23H24F3N3O3/c24-23(25,26)32-19-8-14(7-17(9-19)15-2-3-15)1-4-21-27-10-18(11-28-21)22(30)29-6-5-16-12-31-13-20(16)29/h7-11,15-16,20H,1-6,12-13H2. The molecule has 2 saturated heterocycles. The van der Waals surface area contributed by atoms with E-state index in [1.54, 1.807) is 0 Å². The van der Waals surface area contributed by atoms with Crippen molar-refractivity contribution < 1.29 is 27.4 Å². The molecule has 9 heteroatoms. The number of aromatic nitrogens is 2. The number of fused-ring (bicyclic) bond motifs is 1. The van der Waals surface area contributed by atoms with Crippen molar-refractivity contribution in [3.05, 3.63) is 53.1 Å². The Morgan fingerprint density at radius 1 is 1.09 bits per heavy atom. The third-order valence-electron chi connectivity index (χ3n) is 6.43. The topological polar surface area (TPSA) is 64.5 Å². The molecule has 2 unspecified atom stereocenters. The summed E-state index contributed by atoms with van der Waals surface area (Å²) in [5.74, 6) is 0.999.